The number of nitrogens with one attached hydrogen (secondary N) is 2. The zero-order chi connectivity index (χ0) is 25.2. The molecule has 0 fully saturated rings. The van der Waals surface area contributed by atoms with E-state index < -0.39 is 11.9 Å². The summed E-state index contributed by atoms with van der Waals surface area (Å²) in [6, 6.07) is 16.8. The van der Waals surface area contributed by atoms with Gasteiger partial charge in [0.1, 0.15) is 29.7 Å². The molecule has 1 atom stereocenters. The molecule has 0 saturated heterocycles. The highest BCUT2D eigenvalue weighted by Gasteiger charge is 2.21. The van der Waals surface area contributed by atoms with Crippen molar-refractivity contribution in [2.24, 2.45) is 0 Å². The van der Waals surface area contributed by atoms with Gasteiger partial charge in [-0.1, -0.05) is 40.5 Å². The Morgan fingerprint density at radius 2 is 1.81 bits per heavy atom. The molecule has 1 unspecified atom stereocenters. The molecule has 178 valence electrons. The average Bonchev–Trinajstić information content (AvgIpc) is 3.40. The van der Waals surface area contributed by atoms with Gasteiger partial charge < -0.3 is 15.2 Å². The number of hydrogen-bond acceptors (Lipinski definition) is 6. The van der Waals surface area contributed by atoms with Gasteiger partial charge in [-0.2, -0.15) is 5.26 Å². The van der Waals surface area contributed by atoms with E-state index in [0.717, 1.165) is 5.56 Å². The molecule has 0 radical (unpaired) electrons. The summed E-state index contributed by atoms with van der Waals surface area (Å²) in [5, 5.41) is 21.1. The second kappa shape index (κ2) is 9.82. The smallest absolute Gasteiger partial charge is 0.141 e. The normalized spacial score (nSPS) is 11.8. The molecular weight excluding hydrogens is 507 g/mol. The number of rotatable bonds is 6. The number of pyridine rings is 1. The first kappa shape index (κ1) is 23.5. The van der Waals surface area contributed by atoms with Crippen LogP contribution in [-0.2, 0) is 0 Å². The van der Waals surface area contributed by atoms with E-state index in [9.17, 15) is 14.0 Å². The molecule has 0 bridgehead atoms. The summed E-state index contributed by atoms with van der Waals surface area (Å²) in [6.07, 6.45) is 2.87. The summed E-state index contributed by atoms with van der Waals surface area (Å²) in [4.78, 5) is 4.50. The Bertz CT molecular complexity index is 1600. The number of anilines is 3. The molecule has 0 aliphatic heterocycles. The molecule has 5 aromatic rings. The number of benzene rings is 3. The molecule has 6 nitrogen and oxygen atoms in total. The van der Waals surface area contributed by atoms with Crippen molar-refractivity contribution in [3.63, 3.8) is 0 Å². The molecule has 3 aromatic carbocycles. The lowest BCUT2D eigenvalue weighted by molar-refractivity contribution is 0.410. The van der Waals surface area contributed by atoms with Crippen molar-refractivity contribution >= 4 is 51.2 Å². The van der Waals surface area contributed by atoms with Gasteiger partial charge >= 0.3 is 0 Å². The maximum Gasteiger partial charge on any atom is 0.141 e. The van der Waals surface area contributed by atoms with E-state index in [1.54, 1.807) is 30.3 Å². The number of aromatic nitrogens is 2. The van der Waals surface area contributed by atoms with Crippen LogP contribution in [0.1, 0.15) is 22.9 Å². The quantitative estimate of drug-likeness (QED) is 0.239. The Morgan fingerprint density at radius 3 is 2.50 bits per heavy atom. The summed E-state index contributed by atoms with van der Waals surface area (Å²) in [5.74, 6) is -0.926. The molecular formula is C26H15Cl2F2N5O. The second-order valence-electron chi connectivity index (χ2n) is 7.82. The predicted octanol–water partition coefficient (Wildman–Crippen LogP) is 7.62. The van der Waals surface area contributed by atoms with Crippen molar-refractivity contribution in [1.29, 1.82) is 5.26 Å². The van der Waals surface area contributed by atoms with Gasteiger partial charge in [-0.05, 0) is 48.0 Å². The maximum atomic E-state index is 13.7. The van der Waals surface area contributed by atoms with Crippen LogP contribution < -0.4 is 10.6 Å². The zero-order valence-electron chi connectivity index (χ0n) is 18.3. The molecule has 5 rings (SSSR count). The summed E-state index contributed by atoms with van der Waals surface area (Å²) in [7, 11) is 0. The van der Waals surface area contributed by atoms with Crippen LogP contribution in [0, 0.1) is 23.0 Å². The third-order valence-electron chi connectivity index (χ3n) is 5.50. The third-order valence-corrected chi connectivity index (χ3v) is 6.01. The van der Waals surface area contributed by atoms with Crippen molar-refractivity contribution in [3.05, 3.63) is 112 Å². The second-order valence-corrected chi connectivity index (χ2v) is 8.66. The number of nitriles is 1. The van der Waals surface area contributed by atoms with Gasteiger partial charge in [0.05, 0.1) is 33.5 Å². The molecule has 2 N–H and O–H groups in total. The topological polar surface area (TPSA) is 86.8 Å². The predicted molar refractivity (Wildman–Crippen MR) is 135 cm³/mol. The summed E-state index contributed by atoms with van der Waals surface area (Å²) >= 11 is 12.4. The van der Waals surface area contributed by atoms with Gasteiger partial charge in [0.15, 0.2) is 0 Å². The van der Waals surface area contributed by atoms with Crippen LogP contribution in [0.2, 0.25) is 10.0 Å². The van der Waals surface area contributed by atoms with E-state index in [4.69, 9.17) is 27.7 Å². The van der Waals surface area contributed by atoms with Gasteiger partial charge in [0.25, 0.3) is 0 Å². The van der Waals surface area contributed by atoms with E-state index in [-0.39, 0.29) is 16.4 Å². The first-order chi connectivity index (χ1) is 17.4. The first-order valence-corrected chi connectivity index (χ1v) is 11.3. The van der Waals surface area contributed by atoms with Crippen LogP contribution in [0.15, 0.2) is 77.6 Å². The van der Waals surface area contributed by atoms with Crippen LogP contribution in [0.4, 0.5) is 25.8 Å². The molecule has 0 spiro atoms. The van der Waals surface area contributed by atoms with Gasteiger partial charge in [-0.3, -0.25) is 4.98 Å². The summed E-state index contributed by atoms with van der Waals surface area (Å²) in [6.45, 7) is 0. The van der Waals surface area contributed by atoms with Gasteiger partial charge in [-0.25, -0.2) is 8.78 Å². The Hall–Kier alpha value is -4.19. The molecule has 0 saturated carbocycles. The van der Waals surface area contributed by atoms with E-state index in [1.165, 1.54) is 42.8 Å². The fourth-order valence-electron chi connectivity index (χ4n) is 3.82. The fourth-order valence-corrected chi connectivity index (χ4v) is 4.22. The lowest BCUT2D eigenvalue weighted by atomic mass is 10.0. The van der Waals surface area contributed by atoms with E-state index in [1.807, 2.05) is 0 Å². The van der Waals surface area contributed by atoms with Crippen LogP contribution in [0.25, 0.3) is 10.9 Å². The number of halogens is 4. The Morgan fingerprint density at radius 1 is 1.00 bits per heavy atom. The summed E-state index contributed by atoms with van der Waals surface area (Å²) < 4.78 is 32.3. The number of fused-ring (bicyclic) bond motifs is 1. The minimum absolute atomic E-state index is 0.0630. The third kappa shape index (κ3) is 4.67. The fraction of sp³-hybridized carbons (Fsp3) is 0.0385. The van der Waals surface area contributed by atoms with Gasteiger partial charge in [0, 0.05) is 28.4 Å². The highest BCUT2D eigenvalue weighted by molar-refractivity contribution is 6.32. The zero-order valence-corrected chi connectivity index (χ0v) is 19.8. The largest absolute Gasteiger partial charge is 0.371 e. The highest BCUT2D eigenvalue weighted by Crippen LogP contribution is 2.37. The molecule has 0 aliphatic carbocycles. The van der Waals surface area contributed by atoms with E-state index in [0.29, 0.717) is 38.7 Å². The Balaban J connectivity index is 1.63. The Labute approximate surface area is 214 Å². The van der Waals surface area contributed by atoms with Gasteiger partial charge in [-0.15, -0.1) is 0 Å². The standard InChI is InChI=1S/C26H15Cl2F2N5O/c27-16-9-19-24(33-18-5-6-21(30)20(28)11-18)15(12-31)13-32-26(19)23(10-16)34-25(22-7-8-36-35-22)14-1-3-17(29)4-2-14/h1-11,13,25,34H,(H,32,33). The molecule has 0 amide bonds. The van der Waals surface area contributed by atoms with Crippen molar-refractivity contribution in [2.45, 2.75) is 6.04 Å². The molecule has 36 heavy (non-hydrogen) atoms. The van der Waals surface area contributed by atoms with Gasteiger partial charge in [0.2, 0.25) is 0 Å². The van der Waals surface area contributed by atoms with E-state index in [2.05, 4.69) is 26.8 Å². The van der Waals surface area contributed by atoms with Crippen LogP contribution >= 0.6 is 23.2 Å². The van der Waals surface area contributed by atoms with Crippen molar-refractivity contribution in [3.8, 4) is 6.07 Å². The summed E-state index contributed by atoms with van der Waals surface area (Å²) in [5.41, 5.74) is 3.49. The maximum absolute atomic E-state index is 13.7. The van der Waals surface area contributed by atoms with Crippen LogP contribution in [0.3, 0.4) is 0 Å². The molecule has 10 heteroatoms. The minimum Gasteiger partial charge on any atom is -0.371 e. The Kier molecular flexibility index (Phi) is 6.42. The van der Waals surface area contributed by atoms with Crippen molar-refractivity contribution in [2.75, 3.05) is 10.6 Å². The van der Waals surface area contributed by atoms with E-state index >= 15 is 0 Å². The number of hydrogen-bond donors (Lipinski definition) is 2. The highest BCUT2D eigenvalue weighted by atomic mass is 35.5. The molecule has 2 heterocycles. The molecule has 2 aromatic heterocycles. The minimum atomic E-state index is -0.559. The van der Waals surface area contributed by atoms with Crippen LogP contribution in [0.5, 0.6) is 0 Å². The van der Waals surface area contributed by atoms with Crippen LogP contribution in [-0.4, -0.2) is 10.1 Å². The first-order valence-electron chi connectivity index (χ1n) is 10.6. The monoisotopic (exact) mass is 521 g/mol. The molecule has 0 aliphatic rings. The lowest BCUT2D eigenvalue weighted by Gasteiger charge is -2.20. The van der Waals surface area contributed by atoms with Crippen molar-refractivity contribution < 1.29 is 13.3 Å². The average molecular weight is 522 g/mol. The number of nitrogens with zero attached hydrogens (tertiary/aromatic N) is 3. The SMILES string of the molecule is N#Cc1cnc2c(NC(c3ccc(F)cc3)c3ccon3)cc(Cl)cc2c1Nc1ccc(F)c(Cl)c1. The lowest BCUT2D eigenvalue weighted by Crippen LogP contribution is -2.13. The van der Waals surface area contributed by atoms with Crippen molar-refractivity contribution in [1.82, 2.24) is 10.1 Å².